The zero-order chi connectivity index (χ0) is 46.2. The van der Waals surface area contributed by atoms with Crippen LogP contribution >= 0.6 is 0 Å². The van der Waals surface area contributed by atoms with E-state index >= 15 is 0 Å². The van der Waals surface area contributed by atoms with E-state index in [2.05, 4.69) is 26.6 Å². The molecule has 0 saturated carbocycles. The predicted molar refractivity (Wildman–Crippen MR) is 223 cm³/mol. The zero-order valence-electron chi connectivity index (χ0n) is 35.3. The fourth-order valence-electron chi connectivity index (χ4n) is 5.54. The molecule has 8 amide bonds. The van der Waals surface area contributed by atoms with Crippen molar-refractivity contribution >= 4 is 47.4 Å². The van der Waals surface area contributed by atoms with Gasteiger partial charge in [0.1, 0.15) is 24.4 Å². The molecule has 0 unspecified atom stereocenters. The highest BCUT2D eigenvalue weighted by Gasteiger charge is 2.28. The van der Waals surface area contributed by atoms with Crippen molar-refractivity contribution in [3.63, 3.8) is 0 Å². The first-order valence-electron chi connectivity index (χ1n) is 20.6. The Hall–Kier alpha value is -5.72. The minimum Gasteiger partial charge on any atom is -0.508 e. The molecule has 63 heavy (non-hydrogen) atoms. The van der Waals surface area contributed by atoms with Gasteiger partial charge in [-0.05, 0) is 49.8 Å². The van der Waals surface area contributed by atoms with Crippen molar-refractivity contribution in [3.05, 3.63) is 42.0 Å². The molecule has 1 aromatic carbocycles. The van der Waals surface area contributed by atoms with Crippen molar-refractivity contribution in [2.75, 3.05) is 92.2 Å². The number of aliphatic carboxylic acids is 1. The average molecular weight is 895 g/mol. The number of nitrogens with zero attached hydrogens (tertiary/aromatic N) is 1. The van der Waals surface area contributed by atoms with Crippen LogP contribution in [0.2, 0.25) is 0 Å². The smallest absolute Gasteiger partial charge is 0.326 e. The lowest BCUT2D eigenvalue weighted by Gasteiger charge is -2.23. The van der Waals surface area contributed by atoms with Gasteiger partial charge in [-0.1, -0.05) is 12.1 Å². The molecule has 352 valence electrons. The van der Waals surface area contributed by atoms with Crippen LogP contribution in [-0.2, 0) is 63.7 Å². The maximum absolute atomic E-state index is 13.3. The summed E-state index contributed by atoms with van der Waals surface area (Å²) in [5, 5.41) is 32.1. The Bertz CT molecular complexity index is 1610. The summed E-state index contributed by atoms with van der Waals surface area (Å²) in [7, 11) is 0. The Morgan fingerprint density at radius 3 is 1.71 bits per heavy atom. The molecular formula is C40H62N8O15. The van der Waals surface area contributed by atoms with Crippen molar-refractivity contribution in [1.82, 2.24) is 31.5 Å². The van der Waals surface area contributed by atoms with E-state index in [4.69, 9.17) is 35.2 Å². The monoisotopic (exact) mass is 894 g/mol. The molecular weight excluding hydrogens is 832 g/mol. The van der Waals surface area contributed by atoms with Gasteiger partial charge < -0.3 is 71.9 Å². The summed E-state index contributed by atoms with van der Waals surface area (Å²) in [6.07, 6.45) is 3.74. The van der Waals surface area contributed by atoms with Crippen molar-refractivity contribution in [3.8, 4) is 5.75 Å². The number of nitrogens with two attached hydrogens (primary N) is 2. The van der Waals surface area contributed by atoms with E-state index in [9.17, 15) is 48.6 Å². The molecule has 0 radical (unpaired) electrons. The number of imide groups is 1. The summed E-state index contributed by atoms with van der Waals surface area (Å²) >= 11 is 0. The molecule has 1 aliphatic heterocycles. The minimum absolute atomic E-state index is 0.00103. The second kappa shape index (κ2) is 32.0. The number of phenolic OH excluding ortho intramolecular Hbond substituents is 1. The molecule has 1 aliphatic rings. The average Bonchev–Trinajstić information content (AvgIpc) is 3.56. The Morgan fingerprint density at radius 1 is 0.619 bits per heavy atom. The van der Waals surface area contributed by atoms with Gasteiger partial charge in [-0.25, -0.2) is 9.59 Å². The standard InChI is InChI=1S/C40H62N8O15/c41-30(4-3-14-45-40(42)58)37(54)46-31(38(55)47-32(39(56)57)26-28-6-8-29(49)9-7-28)5-1-2-13-43-33(50)12-16-59-18-20-61-22-24-63-25-23-62-21-19-60-17-15-44-34(51)27-48-35(52)10-11-36(48)53/h6-11,30-32,49H,1-5,12-27,41H2,(H,43,50)(H,44,51)(H,46,54)(H,47,55)(H,56,57)(H3,42,45,58)/t30-,31-,32-/m0/s1. The Morgan fingerprint density at radius 2 is 1.14 bits per heavy atom. The fraction of sp³-hybridized carbons (Fsp3) is 0.600. The first-order valence-corrected chi connectivity index (χ1v) is 20.6. The third kappa shape index (κ3) is 25.1. The Kier molecular flexibility index (Phi) is 27.2. The van der Waals surface area contributed by atoms with E-state index in [0.29, 0.717) is 71.1 Å². The Balaban J connectivity index is 1.52. The number of rotatable bonds is 36. The van der Waals surface area contributed by atoms with Crippen LogP contribution in [0.15, 0.2) is 36.4 Å². The number of hydrogen-bond acceptors (Lipinski definition) is 15. The number of hydrogen-bond donors (Lipinski definition) is 9. The highest BCUT2D eigenvalue weighted by molar-refractivity contribution is 6.14. The summed E-state index contributed by atoms with van der Waals surface area (Å²) in [6, 6.07) is 1.67. The van der Waals surface area contributed by atoms with Crippen LogP contribution in [0.4, 0.5) is 4.79 Å². The third-order valence-electron chi connectivity index (χ3n) is 8.93. The maximum Gasteiger partial charge on any atom is 0.326 e. The van der Waals surface area contributed by atoms with Gasteiger partial charge >= 0.3 is 12.0 Å². The molecule has 1 heterocycles. The number of ether oxygens (including phenoxy) is 5. The van der Waals surface area contributed by atoms with E-state index in [0.717, 1.165) is 17.1 Å². The number of phenols is 1. The highest BCUT2D eigenvalue weighted by Crippen LogP contribution is 2.12. The Labute approximate surface area is 365 Å². The molecule has 2 rings (SSSR count). The summed E-state index contributed by atoms with van der Waals surface area (Å²) in [4.78, 5) is 97.0. The van der Waals surface area contributed by atoms with Gasteiger partial charge in [-0.3, -0.25) is 33.7 Å². The topological polar surface area (TPSA) is 339 Å². The van der Waals surface area contributed by atoms with E-state index in [-0.39, 0.29) is 83.3 Å². The van der Waals surface area contributed by atoms with Crippen LogP contribution in [0.25, 0.3) is 0 Å². The van der Waals surface area contributed by atoms with Gasteiger partial charge in [0.05, 0.1) is 72.1 Å². The molecule has 0 aliphatic carbocycles. The molecule has 0 fully saturated rings. The van der Waals surface area contributed by atoms with Crippen LogP contribution in [0.1, 0.15) is 44.1 Å². The summed E-state index contributed by atoms with van der Waals surface area (Å²) < 4.78 is 27.1. The van der Waals surface area contributed by atoms with Crippen molar-refractivity contribution in [1.29, 1.82) is 0 Å². The number of carbonyl (C=O) groups excluding carboxylic acids is 7. The lowest BCUT2D eigenvalue weighted by molar-refractivity contribution is -0.142. The van der Waals surface area contributed by atoms with Gasteiger partial charge in [0, 0.05) is 44.6 Å². The third-order valence-corrected chi connectivity index (χ3v) is 8.93. The SMILES string of the molecule is NC(=O)NCCC[C@H](N)C(=O)N[C@@H](CCCCNC(=O)CCOCCOCCOCCOCCOCCNC(=O)CN1C(=O)C=CC1=O)C(=O)N[C@@H](Cc1ccc(O)cc1)C(=O)O. The van der Waals surface area contributed by atoms with Crippen LogP contribution in [0.5, 0.6) is 5.75 Å². The van der Waals surface area contributed by atoms with Gasteiger partial charge in [0.2, 0.25) is 23.6 Å². The van der Waals surface area contributed by atoms with E-state index < -0.39 is 59.7 Å². The number of urea groups is 1. The number of aromatic hydroxyl groups is 1. The normalized spacial score (nSPS) is 13.6. The summed E-state index contributed by atoms with van der Waals surface area (Å²) in [6.45, 7) is 3.37. The van der Waals surface area contributed by atoms with Gasteiger partial charge in [-0.15, -0.1) is 0 Å². The predicted octanol–water partition coefficient (Wildman–Crippen LogP) is -2.43. The van der Waals surface area contributed by atoms with Crippen molar-refractivity contribution in [2.45, 2.75) is 63.1 Å². The zero-order valence-corrected chi connectivity index (χ0v) is 35.3. The van der Waals surface area contributed by atoms with Crippen molar-refractivity contribution in [2.24, 2.45) is 11.5 Å². The molecule has 23 heteroatoms. The number of carbonyl (C=O) groups is 8. The minimum atomic E-state index is -1.33. The molecule has 0 spiro atoms. The molecule has 1 aromatic rings. The van der Waals surface area contributed by atoms with E-state index in [1.54, 1.807) is 0 Å². The van der Waals surface area contributed by atoms with Crippen molar-refractivity contribution < 1.29 is 72.3 Å². The number of nitrogens with one attached hydrogen (secondary N) is 5. The van der Waals surface area contributed by atoms with Gasteiger partial charge in [-0.2, -0.15) is 0 Å². The van der Waals surface area contributed by atoms with E-state index in [1.165, 1.54) is 24.3 Å². The lowest BCUT2D eigenvalue weighted by Crippen LogP contribution is -2.54. The van der Waals surface area contributed by atoms with Crippen LogP contribution < -0.4 is 38.1 Å². The van der Waals surface area contributed by atoms with Crippen LogP contribution in [-0.4, -0.2) is 173 Å². The molecule has 0 bridgehead atoms. The van der Waals surface area contributed by atoms with Crippen LogP contribution in [0.3, 0.4) is 0 Å². The highest BCUT2D eigenvalue weighted by atomic mass is 16.6. The molecule has 11 N–H and O–H groups in total. The largest absolute Gasteiger partial charge is 0.508 e. The quantitative estimate of drug-likeness (QED) is 0.0250. The fourth-order valence-corrected chi connectivity index (χ4v) is 5.54. The number of carboxylic acid groups (broad SMARTS) is 1. The summed E-state index contributed by atoms with van der Waals surface area (Å²) in [5.41, 5.74) is 11.6. The van der Waals surface area contributed by atoms with E-state index in [1.807, 2.05) is 0 Å². The first kappa shape index (κ1) is 53.4. The number of amides is 8. The number of primary amides is 1. The number of benzene rings is 1. The molecule has 0 aromatic heterocycles. The van der Waals surface area contributed by atoms with Gasteiger partial charge in [0.25, 0.3) is 11.8 Å². The second-order valence-electron chi connectivity index (χ2n) is 14.0. The number of unbranched alkanes of at least 4 members (excludes halogenated alkanes) is 1. The first-order chi connectivity index (χ1) is 30.3. The molecule has 3 atom stereocenters. The maximum atomic E-state index is 13.3. The summed E-state index contributed by atoms with van der Waals surface area (Å²) in [5.74, 6) is -4.41. The second-order valence-corrected chi connectivity index (χ2v) is 14.0. The number of carboxylic acids is 1. The lowest BCUT2D eigenvalue weighted by atomic mass is 10.0. The van der Waals surface area contributed by atoms with Gasteiger partial charge in [0.15, 0.2) is 0 Å². The molecule has 0 saturated heterocycles. The van der Waals surface area contributed by atoms with Crippen LogP contribution in [0, 0.1) is 0 Å². The molecule has 23 nitrogen and oxygen atoms in total.